The van der Waals surface area contributed by atoms with Gasteiger partial charge in [0.2, 0.25) is 0 Å². The normalized spacial score (nSPS) is 11.1. The van der Waals surface area contributed by atoms with Crippen molar-refractivity contribution >= 4 is 0 Å². The van der Waals surface area contributed by atoms with Crippen LogP contribution in [0, 0.1) is 5.92 Å². The first-order valence-electron chi connectivity index (χ1n) is 13.6. The van der Waals surface area contributed by atoms with E-state index in [1.54, 1.807) is 0 Å². The van der Waals surface area contributed by atoms with Crippen molar-refractivity contribution in [1.82, 2.24) is 0 Å². The Morgan fingerprint density at radius 3 is 1.35 bits per heavy atom. The van der Waals surface area contributed by atoms with Crippen molar-refractivity contribution in [1.29, 1.82) is 0 Å². The fraction of sp³-hybridized carbons (Fsp3) is 0.793. The lowest BCUT2D eigenvalue weighted by molar-refractivity contribution is -0.671. The lowest BCUT2D eigenvalue weighted by Crippen LogP contribution is -3.00. The smallest absolute Gasteiger partial charge is 0.101 e. The third-order valence-electron chi connectivity index (χ3n) is 6.41. The number of rotatable bonds is 22. The van der Waals surface area contributed by atoms with Crippen molar-refractivity contribution in [2.75, 3.05) is 6.54 Å². The zero-order valence-corrected chi connectivity index (χ0v) is 21.8. The van der Waals surface area contributed by atoms with Crippen LogP contribution in [0.15, 0.2) is 30.3 Å². The predicted molar refractivity (Wildman–Crippen MR) is 135 cm³/mol. The second-order valence-corrected chi connectivity index (χ2v) is 9.96. The van der Waals surface area contributed by atoms with Crippen LogP contribution in [-0.2, 0) is 6.54 Å². The van der Waals surface area contributed by atoms with Crippen molar-refractivity contribution in [2.45, 2.75) is 136 Å². The quantitative estimate of drug-likeness (QED) is 0.226. The number of unbranched alkanes of at least 4 members (excludes halogenated alkanes) is 16. The SMILES string of the molecule is CC(C)CCCCCCCCCCCCCCCCCCC[NH2+]Cc1ccccc1.[Cl-]. The maximum absolute atomic E-state index is 2.46. The second kappa shape index (κ2) is 24.1. The van der Waals surface area contributed by atoms with Gasteiger partial charge in [-0.25, -0.2) is 0 Å². The van der Waals surface area contributed by atoms with E-state index >= 15 is 0 Å². The molecule has 1 nitrogen and oxygen atoms in total. The van der Waals surface area contributed by atoms with Gasteiger partial charge in [0.1, 0.15) is 6.54 Å². The Morgan fingerprint density at radius 1 is 0.548 bits per heavy atom. The van der Waals surface area contributed by atoms with Crippen molar-refractivity contribution in [3.05, 3.63) is 35.9 Å². The monoisotopic (exact) mass is 451 g/mol. The van der Waals surface area contributed by atoms with Gasteiger partial charge < -0.3 is 17.7 Å². The summed E-state index contributed by atoms with van der Waals surface area (Å²) in [7, 11) is 0. The number of quaternary nitrogens is 1. The molecule has 2 heteroatoms. The second-order valence-electron chi connectivity index (χ2n) is 9.96. The molecule has 0 aliphatic heterocycles. The van der Waals surface area contributed by atoms with E-state index in [9.17, 15) is 0 Å². The van der Waals surface area contributed by atoms with Crippen LogP contribution in [0.4, 0.5) is 0 Å². The molecule has 0 saturated carbocycles. The van der Waals surface area contributed by atoms with E-state index in [-0.39, 0.29) is 12.4 Å². The Kier molecular flexibility index (Phi) is 23.7. The summed E-state index contributed by atoms with van der Waals surface area (Å²) in [5.41, 5.74) is 1.45. The standard InChI is InChI=1S/C29H53N.ClH/c1-28(2)23-19-16-14-12-10-8-6-4-3-5-7-9-11-13-15-17-22-26-30-27-29-24-20-18-21-25-29;/h18,20-21,24-25,28,30H,3-17,19,22-23,26-27H2,1-2H3;1H. The van der Waals surface area contributed by atoms with E-state index in [1.165, 1.54) is 128 Å². The minimum atomic E-state index is 0. The summed E-state index contributed by atoms with van der Waals surface area (Å²) in [5.74, 6) is 0.893. The molecule has 182 valence electrons. The highest BCUT2D eigenvalue weighted by atomic mass is 35.5. The van der Waals surface area contributed by atoms with Gasteiger partial charge in [0.15, 0.2) is 0 Å². The van der Waals surface area contributed by atoms with Crippen LogP contribution in [-0.4, -0.2) is 6.54 Å². The van der Waals surface area contributed by atoms with Crippen LogP contribution < -0.4 is 17.7 Å². The lowest BCUT2D eigenvalue weighted by atomic mass is 10.0. The Hall–Kier alpha value is -0.530. The molecule has 0 spiro atoms. The highest BCUT2D eigenvalue weighted by molar-refractivity contribution is 5.12. The maximum atomic E-state index is 2.46. The van der Waals surface area contributed by atoms with Crippen molar-refractivity contribution in [3.8, 4) is 0 Å². The van der Waals surface area contributed by atoms with Gasteiger partial charge in [0.05, 0.1) is 6.54 Å². The zero-order valence-electron chi connectivity index (χ0n) is 21.1. The van der Waals surface area contributed by atoms with E-state index in [0.29, 0.717) is 0 Å². The Labute approximate surface area is 202 Å². The van der Waals surface area contributed by atoms with Crippen molar-refractivity contribution in [2.24, 2.45) is 5.92 Å². The Bertz CT molecular complexity index is 445. The van der Waals surface area contributed by atoms with Gasteiger partial charge in [-0.3, -0.25) is 0 Å². The van der Waals surface area contributed by atoms with Crippen molar-refractivity contribution in [3.63, 3.8) is 0 Å². The molecule has 31 heavy (non-hydrogen) atoms. The predicted octanol–water partition coefficient (Wildman–Crippen LogP) is 5.43. The number of hydrogen-bond acceptors (Lipinski definition) is 0. The topological polar surface area (TPSA) is 16.6 Å². The minimum absolute atomic E-state index is 0. The molecule has 0 unspecified atom stereocenters. The van der Waals surface area contributed by atoms with Gasteiger partial charge in [-0.15, -0.1) is 0 Å². The van der Waals surface area contributed by atoms with Gasteiger partial charge in [-0.2, -0.15) is 0 Å². The third-order valence-corrected chi connectivity index (χ3v) is 6.41. The molecular weight excluding hydrogens is 398 g/mol. The molecule has 0 heterocycles. The number of halogens is 1. The molecule has 0 atom stereocenters. The largest absolute Gasteiger partial charge is 1.00 e. The van der Waals surface area contributed by atoms with E-state index < -0.39 is 0 Å². The van der Waals surface area contributed by atoms with Crippen molar-refractivity contribution < 1.29 is 17.7 Å². The molecule has 2 N–H and O–H groups in total. The average molecular weight is 452 g/mol. The van der Waals surface area contributed by atoms with Gasteiger partial charge in [-0.05, 0) is 18.8 Å². The van der Waals surface area contributed by atoms with E-state index in [0.717, 1.165) is 12.5 Å². The fourth-order valence-electron chi connectivity index (χ4n) is 4.38. The zero-order chi connectivity index (χ0) is 21.5. The van der Waals surface area contributed by atoms with Crippen LogP contribution in [0.3, 0.4) is 0 Å². The Morgan fingerprint density at radius 2 is 0.935 bits per heavy atom. The van der Waals surface area contributed by atoms with E-state index in [1.807, 2.05) is 0 Å². The average Bonchev–Trinajstić information content (AvgIpc) is 2.75. The lowest BCUT2D eigenvalue weighted by Gasteiger charge is -2.05. The summed E-state index contributed by atoms with van der Waals surface area (Å²) in [6.07, 6.45) is 26.3. The van der Waals surface area contributed by atoms with E-state index in [4.69, 9.17) is 0 Å². The van der Waals surface area contributed by atoms with Gasteiger partial charge in [-0.1, -0.05) is 147 Å². The molecule has 0 aliphatic carbocycles. The molecular formula is C29H54ClN. The molecule has 0 radical (unpaired) electrons. The highest BCUT2D eigenvalue weighted by Crippen LogP contribution is 2.15. The summed E-state index contributed by atoms with van der Waals surface area (Å²) >= 11 is 0. The molecule has 0 saturated heterocycles. The van der Waals surface area contributed by atoms with Crippen LogP contribution in [0.5, 0.6) is 0 Å². The summed E-state index contributed by atoms with van der Waals surface area (Å²) in [5, 5.41) is 2.46. The molecule has 0 fully saturated rings. The first-order valence-corrected chi connectivity index (χ1v) is 13.6. The number of hydrogen-bond donors (Lipinski definition) is 1. The maximum Gasteiger partial charge on any atom is 0.101 e. The summed E-state index contributed by atoms with van der Waals surface area (Å²) < 4.78 is 0. The van der Waals surface area contributed by atoms with Crippen LogP contribution >= 0.6 is 0 Å². The number of nitrogens with two attached hydrogens (primary N) is 1. The summed E-state index contributed by atoms with van der Waals surface area (Å²) in [4.78, 5) is 0. The highest BCUT2D eigenvalue weighted by Gasteiger charge is 1.97. The van der Waals surface area contributed by atoms with Gasteiger partial charge in [0, 0.05) is 5.56 Å². The molecule has 0 bridgehead atoms. The van der Waals surface area contributed by atoms with Crippen LogP contribution in [0.1, 0.15) is 135 Å². The minimum Gasteiger partial charge on any atom is -1.00 e. The third kappa shape index (κ3) is 22.5. The first kappa shape index (κ1) is 30.5. The molecule has 0 amide bonds. The Balaban J connectivity index is 0.00000900. The summed E-state index contributed by atoms with van der Waals surface area (Å²) in [6.45, 7) is 7.11. The first-order chi connectivity index (χ1) is 14.8. The summed E-state index contributed by atoms with van der Waals surface area (Å²) in [6, 6.07) is 10.8. The van der Waals surface area contributed by atoms with Gasteiger partial charge >= 0.3 is 0 Å². The molecule has 1 aromatic rings. The molecule has 1 aromatic carbocycles. The molecule has 0 aromatic heterocycles. The van der Waals surface area contributed by atoms with Crippen LogP contribution in [0.2, 0.25) is 0 Å². The molecule has 1 rings (SSSR count). The van der Waals surface area contributed by atoms with Crippen LogP contribution in [0.25, 0.3) is 0 Å². The van der Waals surface area contributed by atoms with E-state index in [2.05, 4.69) is 49.5 Å². The molecule has 0 aliphatic rings. The fourth-order valence-corrected chi connectivity index (χ4v) is 4.38. The number of benzene rings is 1. The van der Waals surface area contributed by atoms with Gasteiger partial charge in [0.25, 0.3) is 0 Å².